The highest BCUT2D eigenvalue weighted by Gasteiger charge is 2.30. The average Bonchev–Trinajstić information content (AvgIpc) is 3.39. The number of fused-ring (bicyclic) bond motifs is 1. The van der Waals surface area contributed by atoms with E-state index >= 15 is 0 Å². The minimum atomic E-state index is -4.35. The van der Waals surface area contributed by atoms with Gasteiger partial charge in [0, 0.05) is 43.4 Å². The molecule has 5 rings (SSSR count). The van der Waals surface area contributed by atoms with E-state index in [1.165, 1.54) is 12.1 Å². The van der Waals surface area contributed by atoms with Crippen LogP contribution in [-0.4, -0.2) is 43.3 Å². The van der Waals surface area contributed by atoms with E-state index in [-0.39, 0.29) is 5.78 Å². The van der Waals surface area contributed by atoms with Crippen LogP contribution in [0, 0.1) is 6.92 Å². The number of aromatic amines is 1. The van der Waals surface area contributed by atoms with Crippen LogP contribution in [0.1, 0.15) is 58.4 Å². The Labute approximate surface area is 189 Å². The van der Waals surface area contributed by atoms with Crippen LogP contribution in [0.3, 0.4) is 0 Å². The number of halogens is 3. The molecule has 172 valence electrons. The zero-order valence-electron chi connectivity index (χ0n) is 18.2. The maximum atomic E-state index is 12.8. The summed E-state index contributed by atoms with van der Waals surface area (Å²) in [6.45, 7) is 4.38. The number of nitrogens with one attached hydrogen (secondary N) is 1. The van der Waals surface area contributed by atoms with E-state index < -0.39 is 11.7 Å². The maximum absolute atomic E-state index is 12.8. The van der Waals surface area contributed by atoms with Crippen molar-refractivity contribution in [3.8, 4) is 11.4 Å². The van der Waals surface area contributed by atoms with Gasteiger partial charge in [0.25, 0.3) is 0 Å². The summed E-state index contributed by atoms with van der Waals surface area (Å²) in [6.07, 6.45) is 3.63. The minimum absolute atomic E-state index is 0.0709. The van der Waals surface area contributed by atoms with E-state index in [2.05, 4.69) is 24.4 Å². The molecule has 0 amide bonds. The molecule has 0 bridgehead atoms. The van der Waals surface area contributed by atoms with Gasteiger partial charge in [-0.3, -0.25) is 9.69 Å². The second kappa shape index (κ2) is 8.30. The second-order valence-electron chi connectivity index (χ2n) is 8.65. The van der Waals surface area contributed by atoms with Gasteiger partial charge in [-0.25, -0.2) is 9.97 Å². The van der Waals surface area contributed by atoms with Crippen molar-refractivity contribution in [3.05, 3.63) is 65.0 Å². The zero-order valence-corrected chi connectivity index (χ0v) is 18.2. The molecule has 6 nitrogen and oxygen atoms in total. The van der Waals surface area contributed by atoms with Crippen molar-refractivity contribution in [1.82, 2.24) is 24.4 Å². The fourth-order valence-corrected chi connectivity index (χ4v) is 4.59. The van der Waals surface area contributed by atoms with E-state index in [4.69, 9.17) is 0 Å². The monoisotopic (exact) mass is 455 g/mol. The van der Waals surface area contributed by atoms with Gasteiger partial charge in [0.05, 0.1) is 23.3 Å². The van der Waals surface area contributed by atoms with E-state index in [9.17, 15) is 18.0 Å². The summed E-state index contributed by atoms with van der Waals surface area (Å²) >= 11 is 0. The van der Waals surface area contributed by atoms with Crippen molar-refractivity contribution in [2.24, 2.45) is 0 Å². The van der Waals surface area contributed by atoms with Gasteiger partial charge in [-0.05, 0) is 38.0 Å². The van der Waals surface area contributed by atoms with Gasteiger partial charge in [0.15, 0.2) is 5.78 Å². The number of piperidine rings is 1. The number of imidazole rings is 2. The lowest BCUT2D eigenvalue weighted by molar-refractivity contribution is -0.137. The topological polar surface area (TPSA) is 66.8 Å². The Balaban J connectivity index is 1.24. The summed E-state index contributed by atoms with van der Waals surface area (Å²) in [5.41, 5.74) is 3.26. The van der Waals surface area contributed by atoms with Crippen LogP contribution < -0.4 is 0 Å². The number of hydrogen-bond donors (Lipinski definition) is 1. The SMILES string of the molecule is Cc1[nH]c(-c2ccc(C(F)(F)F)cc2)nc1CN1CCC(n2cnc3c2C=CCC3=O)CC1. The molecule has 2 aromatic heterocycles. The smallest absolute Gasteiger partial charge is 0.342 e. The van der Waals surface area contributed by atoms with Gasteiger partial charge in [-0.2, -0.15) is 13.2 Å². The molecule has 0 unspecified atom stereocenters. The highest BCUT2D eigenvalue weighted by atomic mass is 19.4. The molecule has 0 saturated carbocycles. The van der Waals surface area contributed by atoms with E-state index in [1.54, 1.807) is 6.33 Å². The first kappa shape index (κ1) is 21.6. The minimum Gasteiger partial charge on any atom is -0.342 e. The molecule has 1 aliphatic carbocycles. The number of Topliss-reactive ketones (excluding diaryl/α,β-unsaturated/α-hetero) is 1. The first-order valence-corrected chi connectivity index (χ1v) is 11.0. The Kier molecular flexibility index (Phi) is 5.44. The number of alkyl halides is 3. The molecular weight excluding hydrogens is 431 g/mol. The number of ketones is 1. The molecule has 2 aliphatic rings. The fraction of sp³-hybridized carbons (Fsp3) is 0.375. The molecule has 0 atom stereocenters. The Morgan fingerprint density at radius 2 is 1.88 bits per heavy atom. The summed E-state index contributed by atoms with van der Waals surface area (Å²) in [4.78, 5) is 26.6. The third kappa shape index (κ3) is 4.25. The van der Waals surface area contributed by atoms with Gasteiger partial charge in [0.1, 0.15) is 11.5 Å². The Morgan fingerprint density at radius 1 is 1.15 bits per heavy atom. The molecular formula is C24H24F3N5O. The number of hydrogen-bond acceptors (Lipinski definition) is 4. The molecule has 1 saturated heterocycles. The van der Waals surface area contributed by atoms with Crippen LogP contribution in [0.5, 0.6) is 0 Å². The number of rotatable bonds is 4. The van der Waals surface area contributed by atoms with Crippen molar-refractivity contribution in [1.29, 1.82) is 0 Å². The molecule has 1 N–H and O–H groups in total. The third-order valence-electron chi connectivity index (χ3n) is 6.47. The van der Waals surface area contributed by atoms with Crippen molar-refractivity contribution in [3.63, 3.8) is 0 Å². The highest BCUT2D eigenvalue weighted by Crippen LogP contribution is 2.31. The van der Waals surface area contributed by atoms with Crippen molar-refractivity contribution >= 4 is 11.9 Å². The predicted molar refractivity (Wildman–Crippen MR) is 118 cm³/mol. The number of H-pyrrole nitrogens is 1. The van der Waals surface area contributed by atoms with Gasteiger partial charge < -0.3 is 9.55 Å². The van der Waals surface area contributed by atoms with Crippen molar-refractivity contribution in [2.75, 3.05) is 13.1 Å². The normalized spacial score (nSPS) is 17.5. The van der Waals surface area contributed by atoms with Gasteiger partial charge in [-0.1, -0.05) is 18.2 Å². The first-order valence-electron chi connectivity index (χ1n) is 11.0. The number of allylic oxidation sites excluding steroid dienone is 1. The van der Waals surface area contributed by atoms with Crippen molar-refractivity contribution in [2.45, 2.75) is 44.9 Å². The number of carbonyl (C=O) groups is 1. The standard InChI is InChI=1S/C24H24F3N5O/c1-15-19(30-23(29-15)16-5-7-17(8-6-16)24(25,26)27)13-31-11-9-18(10-12-31)32-14-28-22-20(32)3-2-4-21(22)33/h2-3,5-8,14,18H,4,9-13H2,1H3,(H,29,30). The summed E-state index contributed by atoms with van der Waals surface area (Å²) in [6, 6.07) is 5.35. The number of carbonyl (C=O) groups excluding carboxylic acids is 1. The van der Waals surface area contributed by atoms with Gasteiger partial charge >= 0.3 is 6.18 Å². The lowest BCUT2D eigenvalue weighted by Gasteiger charge is -2.33. The lowest BCUT2D eigenvalue weighted by atomic mass is 10.0. The second-order valence-corrected chi connectivity index (χ2v) is 8.65. The van der Waals surface area contributed by atoms with Crippen molar-refractivity contribution < 1.29 is 18.0 Å². The average molecular weight is 455 g/mol. The molecule has 3 heterocycles. The fourth-order valence-electron chi connectivity index (χ4n) is 4.59. The van der Waals surface area contributed by atoms with E-state index in [0.29, 0.717) is 36.1 Å². The summed E-state index contributed by atoms with van der Waals surface area (Å²) in [5, 5.41) is 0. The van der Waals surface area contributed by atoms with Crippen LogP contribution in [0.15, 0.2) is 36.7 Å². The quantitative estimate of drug-likeness (QED) is 0.599. The number of aromatic nitrogens is 4. The first-order chi connectivity index (χ1) is 15.8. The number of benzene rings is 1. The third-order valence-corrected chi connectivity index (χ3v) is 6.47. The molecule has 0 spiro atoms. The molecule has 9 heteroatoms. The number of nitrogens with zero attached hydrogens (tertiary/aromatic N) is 4. The highest BCUT2D eigenvalue weighted by molar-refractivity contribution is 6.00. The van der Waals surface area contributed by atoms with E-state index in [0.717, 1.165) is 55.1 Å². The summed E-state index contributed by atoms with van der Waals surface area (Å²) in [5.74, 6) is 0.647. The molecule has 1 fully saturated rings. The van der Waals surface area contributed by atoms with Crippen LogP contribution in [0.2, 0.25) is 0 Å². The van der Waals surface area contributed by atoms with Crippen LogP contribution in [0.4, 0.5) is 13.2 Å². The molecule has 0 radical (unpaired) electrons. The van der Waals surface area contributed by atoms with Gasteiger partial charge in [0.2, 0.25) is 0 Å². The molecule has 3 aromatic rings. The predicted octanol–water partition coefficient (Wildman–Crippen LogP) is 5.04. The number of likely N-dealkylation sites (tertiary alicyclic amines) is 1. The molecule has 1 aliphatic heterocycles. The largest absolute Gasteiger partial charge is 0.416 e. The van der Waals surface area contributed by atoms with E-state index in [1.807, 2.05) is 19.1 Å². The zero-order chi connectivity index (χ0) is 23.2. The maximum Gasteiger partial charge on any atom is 0.416 e. The Bertz CT molecular complexity index is 1200. The number of aryl methyl sites for hydroxylation is 1. The van der Waals surface area contributed by atoms with Gasteiger partial charge in [-0.15, -0.1) is 0 Å². The summed E-state index contributed by atoms with van der Waals surface area (Å²) in [7, 11) is 0. The Hall–Kier alpha value is -3.20. The van der Waals surface area contributed by atoms with Crippen LogP contribution >= 0.6 is 0 Å². The summed E-state index contributed by atoms with van der Waals surface area (Å²) < 4.78 is 40.6. The molecule has 1 aromatic carbocycles. The Morgan fingerprint density at radius 3 is 2.58 bits per heavy atom. The lowest BCUT2D eigenvalue weighted by Crippen LogP contribution is -2.34. The van der Waals surface area contributed by atoms with Crippen LogP contribution in [0.25, 0.3) is 17.5 Å². The molecule has 33 heavy (non-hydrogen) atoms. The van der Waals surface area contributed by atoms with Crippen LogP contribution in [-0.2, 0) is 12.7 Å².